The minimum atomic E-state index is -5.15. The van der Waals surface area contributed by atoms with Gasteiger partial charge in [-0.3, -0.25) is 4.79 Å². The Kier molecular flexibility index (Phi) is 8.26. The van der Waals surface area contributed by atoms with Gasteiger partial charge in [0.2, 0.25) is 5.92 Å². The van der Waals surface area contributed by atoms with Crippen LogP contribution in [-0.4, -0.2) is 24.0 Å². The lowest BCUT2D eigenvalue weighted by Gasteiger charge is -2.29. The van der Waals surface area contributed by atoms with Gasteiger partial charge in [-0.05, 0) is 55.2 Å². The summed E-state index contributed by atoms with van der Waals surface area (Å²) in [5.41, 5.74) is -3.37. The Hall–Kier alpha value is -2.69. The van der Waals surface area contributed by atoms with Crippen LogP contribution < -0.4 is 5.32 Å². The van der Waals surface area contributed by atoms with Crippen molar-refractivity contribution in [2.45, 2.75) is 62.8 Å². The maximum absolute atomic E-state index is 14.9. The fraction of sp³-hybridized carbons (Fsp3) is 0.400. The molecule has 0 radical (unpaired) electrons. The summed E-state index contributed by atoms with van der Waals surface area (Å²) < 4.78 is 124. The highest BCUT2D eigenvalue weighted by molar-refractivity contribution is 6.31. The summed E-state index contributed by atoms with van der Waals surface area (Å²) in [6.45, 7) is 1.44. The molecule has 0 spiro atoms. The number of rotatable bonds is 5. The van der Waals surface area contributed by atoms with Gasteiger partial charge in [0.05, 0.1) is 11.1 Å². The molecule has 1 unspecified atom stereocenters. The molecule has 0 saturated heterocycles. The maximum Gasteiger partial charge on any atom is 0.417 e. The lowest BCUT2D eigenvalue weighted by Crippen LogP contribution is -2.40. The van der Waals surface area contributed by atoms with Crippen molar-refractivity contribution in [1.82, 2.24) is 5.32 Å². The zero-order valence-electron chi connectivity index (χ0n) is 19.2. The number of amides is 1. The van der Waals surface area contributed by atoms with E-state index in [1.807, 2.05) is 0 Å². The molecule has 0 bridgehead atoms. The van der Waals surface area contributed by atoms with Crippen LogP contribution in [-0.2, 0) is 6.18 Å². The van der Waals surface area contributed by atoms with Crippen molar-refractivity contribution in [2.75, 3.05) is 0 Å². The topological polar surface area (TPSA) is 29.1 Å². The van der Waals surface area contributed by atoms with Crippen LogP contribution >= 0.6 is 11.6 Å². The molecule has 0 aliphatic heterocycles. The van der Waals surface area contributed by atoms with E-state index in [0.29, 0.717) is 11.6 Å². The molecule has 1 saturated carbocycles. The predicted molar refractivity (Wildman–Crippen MR) is 120 cm³/mol. The summed E-state index contributed by atoms with van der Waals surface area (Å²) in [4.78, 5) is 12.5. The highest BCUT2D eigenvalue weighted by atomic mass is 35.5. The number of allylic oxidation sites excluding steroid dienone is 1. The van der Waals surface area contributed by atoms with Gasteiger partial charge in [0.15, 0.2) is 0 Å². The normalized spacial score (nSPS) is 18.0. The number of benzene rings is 2. The Morgan fingerprint density at radius 3 is 2.22 bits per heavy atom. The fourth-order valence-corrected chi connectivity index (χ4v) is 4.17. The van der Waals surface area contributed by atoms with Crippen molar-refractivity contribution in [1.29, 1.82) is 0 Å². The van der Waals surface area contributed by atoms with Gasteiger partial charge in [-0.2, -0.15) is 26.3 Å². The second kappa shape index (κ2) is 10.6. The molecule has 202 valence electrons. The minimum Gasteiger partial charge on any atom is -0.349 e. The number of carbonyl (C=O) groups is 1. The zero-order valence-corrected chi connectivity index (χ0v) is 20.0. The fourth-order valence-electron chi connectivity index (χ4n) is 4.06. The van der Waals surface area contributed by atoms with Gasteiger partial charge < -0.3 is 5.32 Å². The van der Waals surface area contributed by atoms with Gasteiger partial charge in [-0.1, -0.05) is 29.8 Å². The van der Waals surface area contributed by atoms with Gasteiger partial charge in [0.25, 0.3) is 5.91 Å². The Bertz CT molecular complexity index is 1180. The van der Waals surface area contributed by atoms with Crippen molar-refractivity contribution in [2.24, 2.45) is 0 Å². The van der Waals surface area contributed by atoms with E-state index in [-0.39, 0.29) is 35.6 Å². The standard InChI is InChI=1S/C25H21ClF9NO/c1-13-10-14(3-5-20(13)26)18(24(30,31)32)12-21(27)15-2-4-17(19(11-15)25(33,34)35)22(37)36-16-6-8-23(28,29)9-7-16/h2-5,10-12,16,18H,6-9H2,1H3,(H,36,37)/b21-12-. The van der Waals surface area contributed by atoms with Gasteiger partial charge in [-0.25, -0.2) is 13.2 Å². The Morgan fingerprint density at radius 2 is 1.68 bits per heavy atom. The van der Waals surface area contributed by atoms with Crippen LogP contribution in [0.4, 0.5) is 39.5 Å². The van der Waals surface area contributed by atoms with E-state index in [9.17, 15) is 44.3 Å². The molecule has 0 heterocycles. The van der Waals surface area contributed by atoms with Crippen LogP contribution in [0, 0.1) is 6.92 Å². The van der Waals surface area contributed by atoms with Gasteiger partial charge in [-0.15, -0.1) is 0 Å². The summed E-state index contributed by atoms with van der Waals surface area (Å²) in [5, 5.41) is 2.46. The van der Waals surface area contributed by atoms with Crippen molar-refractivity contribution in [3.63, 3.8) is 0 Å². The van der Waals surface area contributed by atoms with E-state index < -0.39 is 71.5 Å². The first-order valence-corrected chi connectivity index (χ1v) is 11.5. The maximum atomic E-state index is 14.9. The molecular weight excluding hydrogens is 537 g/mol. The molecule has 2 aromatic rings. The molecule has 1 amide bonds. The summed E-state index contributed by atoms with van der Waals surface area (Å²) in [6, 6.07) is 4.20. The number of alkyl halides is 8. The average molecular weight is 558 g/mol. The van der Waals surface area contributed by atoms with Crippen molar-refractivity contribution < 1.29 is 44.3 Å². The SMILES string of the molecule is Cc1cc(C(/C=C(\F)c2ccc(C(=O)NC3CCC(F)(F)CC3)c(C(F)(F)F)c2)C(F)(F)F)ccc1Cl. The number of nitrogens with one attached hydrogen (secondary N) is 1. The number of aryl methyl sites for hydroxylation is 1. The molecule has 2 nitrogen and oxygen atoms in total. The molecule has 2 aromatic carbocycles. The highest BCUT2D eigenvalue weighted by Crippen LogP contribution is 2.40. The van der Waals surface area contributed by atoms with Gasteiger partial charge in [0, 0.05) is 29.5 Å². The molecule has 1 aliphatic carbocycles. The van der Waals surface area contributed by atoms with Crippen molar-refractivity contribution >= 4 is 23.3 Å². The van der Waals surface area contributed by atoms with Crippen molar-refractivity contribution in [3.8, 4) is 0 Å². The lowest BCUT2D eigenvalue weighted by atomic mass is 9.91. The third-order valence-electron chi connectivity index (χ3n) is 6.10. The third kappa shape index (κ3) is 7.21. The average Bonchev–Trinajstić information content (AvgIpc) is 2.79. The van der Waals surface area contributed by atoms with E-state index >= 15 is 0 Å². The minimum absolute atomic E-state index is 0.140. The summed E-state index contributed by atoms with van der Waals surface area (Å²) in [7, 11) is 0. The summed E-state index contributed by atoms with van der Waals surface area (Å²) >= 11 is 5.83. The molecule has 1 atom stereocenters. The monoisotopic (exact) mass is 557 g/mol. The van der Waals surface area contributed by atoms with Crippen LogP contribution in [0.3, 0.4) is 0 Å². The molecule has 1 aliphatic rings. The van der Waals surface area contributed by atoms with Crippen molar-refractivity contribution in [3.05, 3.63) is 75.3 Å². The Morgan fingerprint density at radius 1 is 1.05 bits per heavy atom. The number of hydrogen-bond acceptors (Lipinski definition) is 1. The Balaban J connectivity index is 1.94. The molecule has 37 heavy (non-hydrogen) atoms. The van der Waals surface area contributed by atoms with Crippen LogP contribution in [0.5, 0.6) is 0 Å². The van der Waals surface area contributed by atoms with E-state index in [0.717, 1.165) is 18.2 Å². The second-order valence-electron chi connectivity index (χ2n) is 8.90. The van der Waals surface area contributed by atoms with E-state index in [1.54, 1.807) is 0 Å². The van der Waals surface area contributed by atoms with Crippen LogP contribution in [0.15, 0.2) is 42.5 Å². The second-order valence-corrected chi connectivity index (χ2v) is 9.31. The quantitative estimate of drug-likeness (QED) is 0.366. The van der Waals surface area contributed by atoms with E-state index in [2.05, 4.69) is 5.32 Å². The van der Waals surface area contributed by atoms with Gasteiger partial charge >= 0.3 is 12.4 Å². The van der Waals surface area contributed by atoms with Crippen LogP contribution in [0.1, 0.15) is 64.2 Å². The molecule has 3 rings (SSSR count). The largest absolute Gasteiger partial charge is 0.417 e. The lowest BCUT2D eigenvalue weighted by molar-refractivity contribution is -0.140. The first-order chi connectivity index (χ1) is 17.0. The van der Waals surface area contributed by atoms with Crippen LogP contribution in [0.25, 0.3) is 5.83 Å². The molecule has 1 fully saturated rings. The zero-order chi connectivity index (χ0) is 27.8. The molecule has 12 heteroatoms. The third-order valence-corrected chi connectivity index (χ3v) is 6.53. The first kappa shape index (κ1) is 28.9. The van der Waals surface area contributed by atoms with Gasteiger partial charge in [0.1, 0.15) is 11.7 Å². The molecular formula is C25H21ClF9NO. The van der Waals surface area contributed by atoms with E-state index in [4.69, 9.17) is 11.6 Å². The molecule has 1 N–H and O–H groups in total. The van der Waals surface area contributed by atoms with Crippen LogP contribution in [0.2, 0.25) is 5.02 Å². The number of halogens is 10. The molecule has 0 aromatic heterocycles. The highest BCUT2D eigenvalue weighted by Gasteiger charge is 2.41. The summed E-state index contributed by atoms with van der Waals surface area (Å²) in [6.07, 6.45) is -11.3. The van der Waals surface area contributed by atoms with E-state index in [1.165, 1.54) is 13.0 Å². The predicted octanol–water partition coefficient (Wildman–Crippen LogP) is 8.63. The number of hydrogen-bond donors (Lipinski definition) is 1. The summed E-state index contributed by atoms with van der Waals surface area (Å²) in [5.74, 6) is -8.18. The Labute approximate surface area is 211 Å². The number of carbonyl (C=O) groups excluding carboxylic acids is 1. The smallest absolute Gasteiger partial charge is 0.349 e. The first-order valence-electron chi connectivity index (χ1n) is 11.1.